The molecule has 0 aliphatic rings. The topological polar surface area (TPSA) is 48.1 Å². The number of nitrogens with zero attached hydrogens (tertiary/aromatic N) is 1. The summed E-state index contributed by atoms with van der Waals surface area (Å²) < 4.78 is 0. The standard InChI is InChI=1S/C15H20ClN3O/c1-4-7-17-15(20)14-12(9-19(2)3)11-6-5-10(16)8-13(11)18-14/h5-6,8,18H,4,7,9H2,1-3H3,(H,17,20). The monoisotopic (exact) mass is 293 g/mol. The highest BCUT2D eigenvalue weighted by Crippen LogP contribution is 2.26. The molecule has 0 bridgehead atoms. The van der Waals surface area contributed by atoms with Gasteiger partial charge in [-0.1, -0.05) is 24.6 Å². The van der Waals surface area contributed by atoms with E-state index in [1.165, 1.54) is 0 Å². The van der Waals surface area contributed by atoms with Crippen molar-refractivity contribution in [1.82, 2.24) is 15.2 Å². The summed E-state index contributed by atoms with van der Waals surface area (Å²) in [5.41, 5.74) is 2.54. The fraction of sp³-hybridized carbons (Fsp3) is 0.400. The van der Waals surface area contributed by atoms with Crippen LogP contribution in [0.4, 0.5) is 0 Å². The lowest BCUT2D eigenvalue weighted by Gasteiger charge is -2.11. The first-order chi connectivity index (χ1) is 9.52. The highest BCUT2D eigenvalue weighted by molar-refractivity contribution is 6.31. The Kier molecular flexibility index (Phi) is 4.68. The molecule has 0 radical (unpaired) electrons. The van der Waals surface area contributed by atoms with Crippen LogP contribution in [0.5, 0.6) is 0 Å². The summed E-state index contributed by atoms with van der Waals surface area (Å²) in [5.74, 6) is -0.0592. The minimum atomic E-state index is -0.0592. The number of hydrogen-bond acceptors (Lipinski definition) is 2. The Morgan fingerprint density at radius 3 is 2.80 bits per heavy atom. The number of fused-ring (bicyclic) bond motifs is 1. The molecule has 108 valence electrons. The van der Waals surface area contributed by atoms with Gasteiger partial charge in [-0.2, -0.15) is 0 Å². The third-order valence-electron chi connectivity index (χ3n) is 3.11. The van der Waals surface area contributed by atoms with Gasteiger partial charge in [-0.05, 0) is 32.6 Å². The Balaban J connectivity index is 2.48. The number of carbonyl (C=O) groups is 1. The van der Waals surface area contributed by atoms with Crippen LogP contribution < -0.4 is 5.32 Å². The Morgan fingerprint density at radius 1 is 1.40 bits per heavy atom. The molecule has 0 aliphatic carbocycles. The van der Waals surface area contributed by atoms with Crippen molar-refractivity contribution in [1.29, 1.82) is 0 Å². The first-order valence-electron chi connectivity index (χ1n) is 6.76. The smallest absolute Gasteiger partial charge is 0.268 e. The van der Waals surface area contributed by atoms with Gasteiger partial charge in [0.05, 0.1) is 0 Å². The van der Waals surface area contributed by atoms with Crippen molar-refractivity contribution in [3.05, 3.63) is 34.5 Å². The molecular weight excluding hydrogens is 274 g/mol. The molecule has 1 aromatic carbocycles. The van der Waals surface area contributed by atoms with Gasteiger partial charge >= 0.3 is 0 Å². The van der Waals surface area contributed by atoms with Gasteiger partial charge in [-0.15, -0.1) is 0 Å². The van der Waals surface area contributed by atoms with Crippen LogP contribution in [0.15, 0.2) is 18.2 Å². The van der Waals surface area contributed by atoms with Crippen molar-refractivity contribution in [2.24, 2.45) is 0 Å². The minimum absolute atomic E-state index is 0.0592. The first-order valence-corrected chi connectivity index (χ1v) is 7.13. The minimum Gasteiger partial charge on any atom is -0.351 e. The summed E-state index contributed by atoms with van der Waals surface area (Å²) in [5, 5.41) is 4.62. The molecule has 0 aliphatic heterocycles. The zero-order chi connectivity index (χ0) is 14.7. The van der Waals surface area contributed by atoms with E-state index in [0.29, 0.717) is 23.8 Å². The Hall–Kier alpha value is -1.52. The van der Waals surface area contributed by atoms with Crippen LogP contribution in [0.25, 0.3) is 10.9 Å². The number of benzene rings is 1. The highest BCUT2D eigenvalue weighted by atomic mass is 35.5. The van der Waals surface area contributed by atoms with E-state index in [9.17, 15) is 4.79 Å². The lowest BCUT2D eigenvalue weighted by atomic mass is 10.1. The second kappa shape index (κ2) is 6.29. The molecule has 1 heterocycles. The number of carbonyl (C=O) groups excluding carboxylic acids is 1. The molecule has 5 heteroatoms. The lowest BCUT2D eigenvalue weighted by Crippen LogP contribution is -2.26. The molecule has 0 fully saturated rings. The van der Waals surface area contributed by atoms with Gasteiger partial charge in [0.25, 0.3) is 5.91 Å². The predicted octanol–water partition coefficient (Wildman–Crippen LogP) is 3.02. The average Bonchev–Trinajstić information content (AvgIpc) is 2.73. The van der Waals surface area contributed by atoms with Crippen molar-refractivity contribution in [2.45, 2.75) is 19.9 Å². The zero-order valence-electron chi connectivity index (χ0n) is 12.1. The SMILES string of the molecule is CCCNC(=O)c1[nH]c2cc(Cl)ccc2c1CN(C)C. The summed E-state index contributed by atoms with van der Waals surface area (Å²) in [6.45, 7) is 3.42. The maximum Gasteiger partial charge on any atom is 0.268 e. The maximum atomic E-state index is 12.3. The zero-order valence-corrected chi connectivity index (χ0v) is 12.8. The highest BCUT2D eigenvalue weighted by Gasteiger charge is 2.18. The van der Waals surface area contributed by atoms with Crippen molar-refractivity contribution in [3.63, 3.8) is 0 Å². The molecule has 2 rings (SSSR count). The normalized spacial score (nSPS) is 11.2. The first kappa shape index (κ1) is 14.9. The Labute approximate surface area is 124 Å². The quantitative estimate of drug-likeness (QED) is 0.890. The van der Waals surface area contributed by atoms with Crippen LogP contribution in [0.3, 0.4) is 0 Å². The van der Waals surface area contributed by atoms with Gasteiger partial charge in [-0.25, -0.2) is 0 Å². The molecule has 0 unspecified atom stereocenters. The largest absolute Gasteiger partial charge is 0.351 e. The maximum absolute atomic E-state index is 12.3. The van der Waals surface area contributed by atoms with Crippen molar-refractivity contribution in [2.75, 3.05) is 20.6 Å². The number of aromatic amines is 1. The molecule has 0 atom stereocenters. The van der Waals surface area contributed by atoms with Crippen molar-refractivity contribution >= 4 is 28.4 Å². The van der Waals surface area contributed by atoms with E-state index in [4.69, 9.17) is 11.6 Å². The summed E-state index contributed by atoms with van der Waals surface area (Å²) >= 11 is 6.02. The summed E-state index contributed by atoms with van der Waals surface area (Å²) in [6.07, 6.45) is 0.917. The van der Waals surface area contributed by atoms with E-state index >= 15 is 0 Å². The molecule has 0 spiro atoms. The van der Waals surface area contributed by atoms with Crippen LogP contribution in [0.2, 0.25) is 5.02 Å². The van der Waals surface area contributed by atoms with E-state index in [2.05, 4.69) is 10.3 Å². The number of amides is 1. The number of halogens is 1. The average molecular weight is 294 g/mol. The van der Waals surface area contributed by atoms with Gasteiger partial charge in [-0.3, -0.25) is 4.79 Å². The molecule has 0 saturated heterocycles. The van der Waals surface area contributed by atoms with Crippen LogP contribution >= 0.6 is 11.6 Å². The van der Waals surface area contributed by atoms with Gasteiger partial charge < -0.3 is 15.2 Å². The van der Waals surface area contributed by atoms with Crippen molar-refractivity contribution < 1.29 is 4.79 Å². The molecule has 20 heavy (non-hydrogen) atoms. The van der Waals surface area contributed by atoms with E-state index in [-0.39, 0.29) is 5.91 Å². The van der Waals surface area contributed by atoms with Crippen LogP contribution in [-0.2, 0) is 6.54 Å². The van der Waals surface area contributed by atoms with Gasteiger partial charge in [0.2, 0.25) is 0 Å². The van der Waals surface area contributed by atoms with E-state index in [1.807, 2.05) is 44.1 Å². The number of rotatable bonds is 5. The summed E-state index contributed by atoms with van der Waals surface area (Å²) in [7, 11) is 3.98. The lowest BCUT2D eigenvalue weighted by molar-refractivity contribution is 0.0948. The molecule has 1 amide bonds. The second-order valence-electron chi connectivity index (χ2n) is 5.16. The summed E-state index contributed by atoms with van der Waals surface area (Å²) in [4.78, 5) is 17.5. The third kappa shape index (κ3) is 3.14. The number of aromatic nitrogens is 1. The number of hydrogen-bond donors (Lipinski definition) is 2. The van der Waals surface area contributed by atoms with E-state index < -0.39 is 0 Å². The van der Waals surface area contributed by atoms with E-state index in [0.717, 1.165) is 22.9 Å². The second-order valence-corrected chi connectivity index (χ2v) is 5.60. The molecule has 0 saturated carbocycles. The number of nitrogens with one attached hydrogen (secondary N) is 2. The van der Waals surface area contributed by atoms with Gasteiger partial charge in [0, 0.05) is 34.6 Å². The summed E-state index contributed by atoms with van der Waals surface area (Å²) in [6, 6.07) is 5.67. The Morgan fingerprint density at radius 2 is 2.15 bits per heavy atom. The molecule has 1 aromatic heterocycles. The molecular formula is C15H20ClN3O. The third-order valence-corrected chi connectivity index (χ3v) is 3.34. The van der Waals surface area contributed by atoms with Crippen LogP contribution in [0, 0.1) is 0 Å². The Bertz CT molecular complexity index is 619. The van der Waals surface area contributed by atoms with Gasteiger partial charge in [0.1, 0.15) is 5.69 Å². The molecule has 2 aromatic rings. The fourth-order valence-electron chi connectivity index (χ4n) is 2.23. The fourth-order valence-corrected chi connectivity index (χ4v) is 2.40. The number of H-pyrrole nitrogens is 1. The molecule has 4 nitrogen and oxygen atoms in total. The van der Waals surface area contributed by atoms with E-state index in [1.54, 1.807) is 0 Å². The predicted molar refractivity (Wildman–Crippen MR) is 83.3 cm³/mol. The van der Waals surface area contributed by atoms with Crippen molar-refractivity contribution in [3.8, 4) is 0 Å². The van der Waals surface area contributed by atoms with Crippen LogP contribution in [0.1, 0.15) is 29.4 Å². The van der Waals surface area contributed by atoms with Crippen LogP contribution in [-0.4, -0.2) is 36.4 Å². The molecule has 2 N–H and O–H groups in total. The van der Waals surface area contributed by atoms with Gasteiger partial charge in [0.15, 0.2) is 0 Å².